The Morgan fingerprint density at radius 1 is 1.50 bits per heavy atom. The normalized spacial score (nSPS) is 16.2. The van der Waals surface area contributed by atoms with Gasteiger partial charge < -0.3 is 4.74 Å². The first-order valence-corrected chi connectivity index (χ1v) is 3.67. The van der Waals surface area contributed by atoms with E-state index in [0.717, 1.165) is 19.1 Å². The molecule has 0 aliphatic heterocycles. The summed E-state index contributed by atoms with van der Waals surface area (Å²) in [5.74, 6) is -0.150. The van der Waals surface area contributed by atoms with E-state index in [4.69, 9.17) is 23.2 Å². The molecule has 2 nitrogen and oxygen atoms in total. The van der Waals surface area contributed by atoms with Gasteiger partial charge in [-0.25, -0.2) is 0 Å². The molecule has 0 heterocycles. The third kappa shape index (κ3) is 2.58. The Morgan fingerprint density at radius 2 is 2.10 bits per heavy atom. The largest absolute Gasteiger partial charge is 0.432 e. The van der Waals surface area contributed by atoms with Crippen LogP contribution in [0.25, 0.3) is 0 Å². The molecule has 1 aliphatic rings. The number of hydrogen-bond acceptors (Lipinski definition) is 2. The molecule has 0 aromatic carbocycles. The van der Waals surface area contributed by atoms with Crippen molar-refractivity contribution in [1.29, 1.82) is 0 Å². The number of carbonyl (C=O) groups excluding carboxylic acids is 1. The average Bonchev–Trinajstić information content (AvgIpc) is 2.63. The molecule has 4 heteroatoms. The molecule has 1 saturated carbocycles. The summed E-state index contributed by atoms with van der Waals surface area (Å²) in [4.78, 5) is 10.7. The Kier molecular flexibility index (Phi) is 2.57. The molecule has 1 aliphatic carbocycles. The van der Waals surface area contributed by atoms with Gasteiger partial charge >= 0.3 is 5.97 Å². The fourth-order valence-electron chi connectivity index (χ4n) is 0.518. The zero-order chi connectivity index (χ0) is 7.56. The lowest BCUT2D eigenvalue weighted by molar-refractivity contribution is -0.139. The van der Waals surface area contributed by atoms with Crippen molar-refractivity contribution in [2.45, 2.75) is 12.8 Å². The third-order valence-corrected chi connectivity index (χ3v) is 1.35. The van der Waals surface area contributed by atoms with Gasteiger partial charge in [0.15, 0.2) is 0 Å². The second-order valence-electron chi connectivity index (χ2n) is 2.12. The molecule has 0 N–H and O–H groups in total. The Hall–Kier alpha value is -0.210. The van der Waals surface area contributed by atoms with Gasteiger partial charge in [0, 0.05) is 0 Å². The third-order valence-electron chi connectivity index (χ3n) is 1.17. The van der Waals surface area contributed by atoms with Crippen LogP contribution in [0.5, 0.6) is 0 Å². The highest BCUT2D eigenvalue weighted by Gasteiger charge is 2.30. The lowest BCUT2D eigenvalue weighted by Gasteiger charge is -1.93. The molecule has 10 heavy (non-hydrogen) atoms. The summed E-state index contributed by atoms with van der Waals surface area (Å²) in [6.07, 6.45) is 2.89. The van der Waals surface area contributed by atoms with Gasteiger partial charge in [0.25, 0.3) is 0 Å². The van der Waals surface area contributed by atoms with E-state index in [9.17, 15) is 4.79 Å². The van der Waals surface area contributed by atoms with Crippen LogP contribution in [-0.2, 0) is 9.53 Å². The molecular formula is C6H6Cl2O2. The second-order valence-corrected chi connectivity index (χ2v) is 3.13. The van der Waals surface area contributed by atoms with Gasteiger partial charge in [-0.2, -0.15) is 0 Å². The fourth-order valence-corrected chi connectivity index (χ4v) is 0.607. The van der Waals surface area contributed by atoms with Gasteiger partial charge in [-0.3, -0.25) is 4.79 Å². The molecule has 0 spiro atoms. The number of carbonyl (C=O) groups is 1. The second kappa shape index (κ2) is 3.26. The summed E-state index contributed by atoms with van der Waals surface area (Å²) in [6, 6.07) is 0. The first-order valence-electron chi connectivity index (χ1n) is 2.92. The summed E-state index contributed by atoms with van der Waals surface area (Å²) >= 11 is 10.4. The van der Waals surface area contributed by atoms with Crippen LogP contribution in [0.15, 0.2) is 10.8 Å². The quantitative estimate of drug-likeness (QED) is 0.482. The molecule has 0 saturated heterocycles. The van der Waals surface area contributed by atoms with Crippen LogP contribution in [0.3, 0.4) is 0 Å². The van der Waals surface area contributed by atoms with Gasteiger partial charge in [-0.1, -0.05) is 23.2 Å². The summed E-state index contributed by atoms with van der Waals surface area (Å²) in [5, 5.41) is 0. The Morgan fingerprint density at radius 3 is 2.50 bits per heavy atom. The summed E-state index contributed by atoms with van der Waals surface area (Å²) in [6.45, 7) is 0. The number of hydrogen-bond donors (Lipinski definition) is 0. The SMILES string of the molecule is O=C(OC=C(Cl)Cl)C1CC1. The predicted octanol–water partition coefficient (Wildman–Crippen LogP) is 2.22. The highest BCUT2D eigenvalue weighted by atomic mass is 35.5. The van der Waals surface area contributed by atoms with E-state index in [1.807, 2.05) is 0 Å². The highest BCUT2D eigenvalue weighted by molar-refractivity contribution is 6.55. The van der Waals surface area contributed by atoms with Crippen molar-refractivity contribution in [3.63, 3.8) is 0 Å². The minimum Gasteiger partial charge on any atom is -0.432 e. The van der Waals surface area contributed by atoms with Crippen LogP contribution in [0.2, 0.25) is 0 Å². The van der Waals surface area contributed by atoms with Crippen LogP contribution in [-0.4, -0.2) is 5.97 Å². The average molecular weight is 181 g/mol. The first kappa shape index (κ1) is 7.89. The molecule has 0 radical (unpaired) electrons. The van der Waals surface area contributed by atoms with Crippen LogP contribution >= 0.6 is 23.2 Å². The van der Waals surface area contributed by atoms with E-state index in [2.05, 4.69) is 4.74 Å². The van der Waals surface area contributed by atoms with Crippen LogP contribution in [0, 0.1) is 5.92 Å². The van der Waals surface area contributed by atoms with Gasteiger partial charge in [-0.05, 0) is 12.8 Å². The molecule has 1 fully saturated rings. The lowest BCUT2D eigenvalue weighted by Crippen LogP contribution is -2.00. The number of ether oxygens (including phenoxy) is 1. The molecule has 0 aromatic heterocycles. The summed E-state index contributed by atoms with van der Waals surface area (Å²) in [7, 11) is 0. The molecular weight excluding hydrogens is 175 g/mol. The van der Waals surface area contributed by atoms with Crippen molar-refractivity contribution in [3.8, 4) is 0 Å². The topological polar surface area (TPSA) is 26.3 Å². The summed E-state index contributed by atoms with van der Waals surface area (Å²) in [5.41, 5.74) is 0. The Balaban J connectivity index is 2.24. The number of halogens is 2. The Labute approximate surface area is 68.8 Å². The molecule has 0 bridgehead atoms. The zero-order valence-electron chi connectivity index (χ0n) is 5.14. The lowest BCUT2D eigenvalue weighted by atomic mass is 10.4. The molecule has 0 unspecified atom stereocenters. The maximum atomic E-state index is 10.7. The van der Waals surface area contributed by atoms with Crippen molar-refractivity contribution in [2.75, 3.05) is 0 Å². The van der Waals surface area contributed by atoms with Crippen molar-refractivity contribution >= 4 is 29.2 Å². The van der Waals surface area contributed by atoms with E-state index in [-0.39, 0.29) is 16.4 Å². The van der Waals surface area contributed by atoms with E-state index in [1.165, 1.54) is 0 Å². The fraction of sp³-hybridized carbons (Fsp3) is 0.500. The monoisotopic (exact) mass is 180 g/mol. The zero-order valence-corrected chi connectivity index (χ0v) is 6.65. The van der Waals surface area contributed by atoms with E-state index in [1.54, 1.807) is 0 Å². The smallest absolute Gasteiger partial charge is 0.313 e. The minimum absolute atomic E-state index is 0.0333. The number of esters is 1. The Bertz CT molecular complexity index is 169. The molecule has 0 amide bonds. The van der Waals surface area contributed by atoms with Crippen LogP contribution in [0.4, 0.5) is 0 Å². The first-order chi connectivity index (χ1) is 4.70. The molecule has 0 aromatic rings. The molecule has 0 atom stereocenters. The van der Waals surface area contributed by atoms with E-state index < -0.39 is 0 Å². The van der Waals surface area contributed by atoms with Gasteiger partial charge in [0.05, 0.1) is 5.92 Å². The summed E-state index contributed by atoms with van der Waals surface area (Å²) < 4.78 is 4.53. The maximum Gasteiger partial charge on any atom is 0.313 e. The molecule has 56 valence electrons. The predicted molar refractivity (Wildman–Crippen MR) is 38.6 cm³/mol. The minimum atomic E-state index is -0.237. The van der Waals surface area contributed by atoms with Crippen LogP contribution < -0.4 is 0 Å². The maximum absolute atomic E-state index is 10.7. The van der Waals surface area contributed by atoms with Crippen molar-refractivity contribution in [2.24, 2.45) is 5.92 Å². The number of rotatable bonds is 2. The molecule has 1 rings (SSSR count). The van der Waals surface area contributed by atoms with Gasteiger partial charge in [0.1, 0.15) is 10.8 Å². The van der Waals surface area contributed by atoms with E-state index in [0.29, 0.717) is 0 Å². The van der Waals surface area contributed by atoms with Gasteiger partial charge in [-0.15, -0.1) is 0 Å². The van der Waals surface area contributed by atoms with Gasteiger partial charge in [0.2, 0.25) is 0 Å². The standard InChI is InChI=1S/C6H6Cl2O2/c7-5(8)3-10-6(9)4-1-2-4/h3-4H,1-2H2. The van der Waals surface area contributed by atoms with E-state index >= 15 is 0 Å². The highest BCUT2D eigenvalue weighted by Crippen LogP contribution is 2.30. The van der Waals surface area contributed by atoms with Crippen molar-refractivity contribution in [1.82, 2.24) is 0 Å². The van der Waals surface area contributed by atoms with Crippen LogP contribution in [0.1, 0.15) is 12.8 Å². The van der Waals surface area contributed by atoms with Crippen molar-refractivity contribution < 1.29 is 9.53 Å². The van der Waals surface area contributed by atoms with Crippen molar-refractivity contribution in [3.05, 3.63) is 10.8 Å².